The van der Waals surface area contributed by atoms with E-state index in [1.165, 1.54) is 0 Å². The Hall–Kier alpha value is -1.66. The number of hydrogen-bond acceptors (Lipinski definition) is 6. The Morgan fingerprint density at radius 3 is 2.85 bits per heavy atom. The minimum atomic E-state index is -0.657. The zero-order valence-corrected chi connectivity index (χ0v) is 15.9. The van der Waals surface area contributed by atoms with Gasteiger partial charge in [-0.3, -0.25) is 4.79 Å². The highest BCUT2D eigenvalue weighted by atomic mass is 16.6. The van der Waals surface area contributed by atoms with Gasteiger partial charge in [0.05, 0.1) is 23.7 Å². The van der Waals surface area contributed by atoms with Gasteiger partial charge in [-0.25, -0.2) is 4.79 Å². The number of rotatable bonds is 3. The molecule has 2 unspecified atom stereocenters. The zero-order chi connectivity index (χ0) is 19.2. The summed E-state index contributed by atoms with van der Waals surface area (Å²) in [4.78, 5) is 24.4. The number of carbonyl (C=O) groups is 2. The fourth-order valence-corrected chi connectivity index (χ4v) is 3.90. The molecule has 2 fully saturated rings. The third-order valence-electron chi connectivity index (χ3n) is 5.55. The van der Waals surface area contributed by atoms with Crippen molar-refractivity contribution in [3.8, 4) is 0 Å². The normalized spacial score (nSPS) is 41.6. The van der Waals surface area contributed by atoms with E-state index in [0.29, 0.717) is 24.8 Å². The molecule has 3 rings (SSSR count). The molecule has 2 heterocycles. The molecule has 0 radical (unpaired) electrons. The second-order valence-corrected chi connectivity index (χ2v) is 8.33. The molecule has 0 bridgehead atoms. The predicted octanol–water partition coefficient (Wildman–Crippen LogP) is 2.30. The van der Waals surface area contributed by atoms with Gasteiger partial charge >= 0.3 is 11.9 Å². The van der Waals surface area contributed by atoms with Crippen LogP contribution in [0.5, 0.6) is 0 Å². The van der Waals surface area contributed by atoms with Crippen molar-refractivity contribution < 1.29 is 28.9 Å². The van der Waals surface area contributed by atoms with Gasteiger partial charge in [0, 0.05) is 24.8 Å². The van der Waals surface area contributed by atoms with Gasteiger partial charge in [0.25, 0.3) is 0 Å². The van der Waals surface area contributed by atoms with Gasteiger partial charge in [-0.05, 0) is 31.4 Å². The van der Waals surface area contributed by atoms with Crippen LogP contribution in [0.2, 0.25) is 0 Å². The predicted molar refractivity (Wildman–Crippen MR) is 94.1 cm³/mol. The summed E-state index contributed by atoms with van der Waals surface area (Å²) in [5.41, 5.74) is 0.532. The molecule has 0 aromatic carbocycles. The van der Waals surface area contributed by atoms with Crippen LogP contribution < -0.4 is 0 Å². The van der Waals surface area contributed by atoms with Gasteiger partial charge in [0.15, 0.2) is 0 Å². The number of hydrogen-bond donors (Lipinski definition) is 1. The molecule has 144 valence electrons. The fourth-order valence-electron chi connectivity index (χ4n) is 3.90. The quantitative estimate of drug-likeness (QED) is 0.358. The van der Waals surface area contributed by atoms with E-state index in [9.17, 15) is 14.7 Å². The number of epoxide rings is 1. The molecule has 3 aliphatic rings. The maximum atomic E-state index is 12.3. The minimum absolute atomic E-state index is 0.102. The van der Waals surface area contributed by atoms with Crippen molar-refractivity contribution in [2.45, 2.75) is 77.0 Å². The Kier molecular flexibility index (Phi) is 5.01. The Labute approximate surface area is 154 Å². The van der Waals surface area contributed by atoms with Gasteiger partial charge in [-0.1, -0.05) is 20.4 Å². The molecule has 6 atom stereocenters. The highest BCUT2D eigenvalue weighted by molar-refractivity contribution is 5.91. The minimum Gasteiger partial charge on any atom is -0.461 e. The molecule has 1 aliphatic carbocycles. The molecule has 0 saturated carbocycles. The number of esters is 2. The number of ether oxygens (including phenoxy) is 3. The largest absolute Gasteiger partial charge is 0.461 e. The number of aliphatic hydroxyl groups excluding tert-OH is 1. The van der Waals surface area contributed by atoms with Gasteiger partial charge < -0.3 is 19.3 Å². The summed E-state index contributed by atoms with van der Waals surface area (Å²) >= 11 is 0. The van der Waals surface area contributed by atoms with Crippen LogP contribution in [0.1, 0.15) is 47.0 Å². The molecule has 0 aromatic rings. The number of aliphatic hydroxyl groups is 1. The van der Waals surface area contributed by atoms with Crippen molar-refractivity contribution >= 4 is 11.9 Å². The summed E-state index contributed by atoms with van der Waals surface area (Å²) in [6, 6.07) is 0. The van der Waals surface area contributed by atoms with Crippen molar-refractivity contribution in [3.63, 3.8) is 0 Å². The standard InChI is InChI=1S/C20H28O6/c1-10(2)6-17(22)24-15-9-20(5)16(26-20)8-13(21)11(3)7-14-18(15)12(4)19(23)25-14/h7,10,13-16,18,21H,4,6,8-9H2,1-3,5H3/b11-7-/t13?,14-,15?,16-,18+,20-/m1/s1. The molecule has 0 spiro atoms. The van der Waals surface area contributed by atoms with Crippen LogP contribution in [0.3, 0.4) is 0 Å². The van der Waals surface area contributed by atoms with Gasteiger partial charge in [-0.15, -0.1) is 0 Å². The maximum Gasteiger partial charge on any atom is 0.334 e. The smallest absolute Gasteiger partial charge is 0.334 e. The highest BCUT2D eigenvalue weighted by Gasteiger charge is 2.57. The van der Waals surface area contributed by atoms with Crippen molar-refractivity contribution in [2.24, 2.45) is 11.8 Å². The first kappa shape index (κ1) is 19.1. The molecule has 1 N–H and O–H groups in total. The van der Waals surface area contributed by atoms with Gasteiger partial charge in [0.1, 0.15) is 12.2 Å². The van der Waals surface area contributed by atoms with Crippen LogP contribution in [-0.2, 0) is 23.8 Å². The molecule has 2 aliphatic heterocycles. The van der Waals surface area contributed by atoms with Crippen LogP contribution in [0.4, 0.5) is 0 Å². The third kappa shape index (κ3) is 3.71. The lowest BCUT2D eigenvalue weighted by atomic mass is 9.82. The van der Waals surface area contributed by atoms with E-state index in [1.54, 1.807) is 13.0 Å². The lowest BCUT2D eigenvalue weighted by Gasteiger charge is -2.29. The summed E-state index contributed by atoms with van der Waals surface area (Å²) in [6.45, 7) is 11.5. The summed E-state index contributed by atoms with van der Waals surface area (Å²) < 4.78 is 17.1. The Morgan fingerprint density at radius 1 is 1.50 bits per heavy atom. The first-order chi connectivity index (χ1) is 12.1. The van der Waals surface area contributed by atoms with Crippen molar-refractivity contribution in [1.82, 2.24) is 0 Å². The van der Waals surface area contributed by atoms with Crippen molar-refractivity contribution in [3.05, 3.63) is 23.8 Å². The van der Waals surface area contributed by atoms with E-state index in [0.717, 1.165) is 5.57 Å². The summed E-state index contributed by atoms with van der Waals surface area (Å²) in [6.07, 6.45) is 1.06. The topological polar surface area (TPSA) is 85.4 Å². The zero-order valence-electron chi connectivity index (χ0n) is 15.9. The van der Waals surface area contributed by atoms with Crippen LogP contribution >= 0.6 is 0 Å². The van der Waals surface area contributed by atoms with Crippen LogP contribution in [-0.4, -0.2) is 47.1 Å². The monoisotopic (exact) mass is 364 g/mol. The first-order valence-electron chi connectivity index (χ1n) is 9.24. The molecule has 2 saturated heterocycles. The SMILES string of the molecule is C=C1C(=O)O[C@@H]2/C=C(/C)C(O)C[C@H]3O[C@]3(C)CC(OC(=O)CC(C)C)[C@@H]12. The van der Waals surface area contributed by atoms with Crippen LogP contribution in [0.25, 0.3) is 0 Å². The molecule has 0 aromatic heterocycles. The van der Waals surface area contributed by atoms with E-state index >= 15 is 0 Å². The Morgan fingerprint density at radius 2 is 2.19 bits per heavy atom. The van der Waals surface area contributed by atoms with E-state index in [-0.39, 0.29) is 18.0 Å². The third-order valence-corrected chi connectivity index (χ3v) is 5.55. The van der Waals surface area contributed by atoms with Gasteiger partial charge in [0.2, 0.25) is 0 Å². The summed E-state index contributed by atoms with van der Waals surface area (Å²) in [5.74, 6) is -1.07. The molecule has 26 heavy (non-hydrogen) atoms. The molecule has 6 heteroatoms. The molecular formula is C20H28O6. The summed E-state index contributed by atoms with van der Waals surface area (Å²) in [7, 11) is 0. The van der Waals surface area contributed by atoms with Crippen molar-refractivity contribution in [2.75, 3.05) is 0 Å². The molecule has 6 nitrogen and oxygen atoms in total. The molecular weight excluding hydrogens is 336 g/mol. The second kappa shape index (κ2) is 6.82. The van der Waals surface area contributed by atoms with E-state index < -0.39 is 35.8 Å². The van der Waals surface area contributed by atoms with Crippen LogP contribution in [0, 0.1) is 11.8 Å². The average Bonchev–Trinajstić information content (AvgIpc) is 3.04. The van der Waals surface area contributed by atoms with E-state index in [2.05, 4.69) is 6.58 Å². The first-order valence-corrected chi connectivity index (χ1v) is 9.24. The van der Waals surface area contributed by atoms with Crippen molar-refractivity contribution in [1.29, 1.82) is 0 Å². The van der Waals surface area contributed by atoms with Gasteiger partial charge in [-0.2, -0.15) is 0 Å². The summed E-state index contributed by atoms with van der Waals surface area (Å²) in [5, 5.41) is 10.4. The van der Waals surface area contributed by atoms with E-state index in [1.807, 2.05) is 20.8 Å². The second-order valence-electron chi connectivity index (χ2n) is 8.33. The lowest BCUT2D eigenvalue weighted by Crippen LogP contribution is -2.38. The highest BCUT2D eigenvalue weighted by Crippen LogP contribution is 2.47. The van der Waals surface area contributed by atoms with Crippen LogP contribution in [0.15, 0.2) is 23.8 Å². The Balaban J connectivity index is 1.92. The molecule has 0 amide bonds. The lowest BCUT2D eigenvalue weighted by molar-refractivity contribution is -0.154. The Bertz CT molecular complexity index is 651. The van der Waals surface area contributed by atoms with E-state index in [4.69, 9.17) is 14.2 Å². The average molecular weight is 364 g/mol. The number of fused-ring (bicyclic) bond motifs is 2. The number of carbonyl (C=O) groups excluding carboxylic acids is 2. The maximum absolute atomic E-state index is 12.3. The fraction of sp³-hybridized carbons (Fsp3) is 0.700.